The van der Waals surface area contributed by atoms with Gasteiger partial charge in [-0.15, -0.1) is 10.2 Å². The molecule has 0 spiro atoms. The van der Waals surface area contributed by atoms with Crippen LogP contribution < -0.4 is 5.32 Å². The molecule has 19 heavy (non-hydrogen) atoms. The first kappa shape index (κ1) is 14.2. The highest BCUT2D eigenvalue weighted by Crippen LogP contribution is 2.32. The summed E-state index contributed by atoms with van der Waals surface area (Å²) < 4.78 is 0. The predicted molar refractivity (Wildman–Crippen MR) is 81.6 cm³/mol. The molecule has 1 unspecified atom stereocenters. The Hall–Kier alpha value is -1.26. The Morgan fingerprint density at radius 2 is 1.79 bits per heavy atom. The Labute approximate surface area is 119 Å². The van der Waals surface area contributed by atoms with Gasteiger partial charge in [-0.2, -0.15) is 0 Å². The molecule has 1 N–H and O–H groups in total. The molecule has 0 saturated carbocycles. The summed E-state index contributed by atoms with van der Waals surface area (Å²) in [4.78, 5) is 0. The molecule has 0 aliphatic heterocycles. The monoisotopic (exact) mass is 275 g/mol. The lowest BCUT2D eigenvalue weighted by Crippen LogP contribution is -2.17. The third-order valence-electron chi connectivity index (χ3n) is 3.21. The van der Waals surface area contributed by atoms with Gasteiger partial charge in [0.15, 0.2) is 0 Å². The minimum Gasteiger partial charge on any atom is -0.308 e. The van der Waals surface area contributed by atoms with Crippen molar-refractivity contribution in [1.29, 1.82) is 0 Å². The zero-order valence-electron chi connectivity index (χ0n) is 12.2. The van der Waals surface area contributed by atoms with Crippen LogP contribution in [0.5, 0.6) is 0 Å². The number of aryl methyl sites for hydroxylation is 3. The van der Waals surface area contributed by atoms with E-state index in [4.69, 9.17) is 0 Å². The van der Waals surface area contributed by atoms with Gasteiger partial charge in [0.2, 0.25) is 0 Å². The van der Waals surface area contributed by atoms with E-state index in [1.54, 1.807) is 11.3 Å². The van der Waals surface area contributed by atoms with Crippen molar-refractivity contribution in [2.75, 3.05) is 6.54 Å². The number of nitrogens with one attached hydrogen (secondary N) is 1. The van der Waals surface area contributed by atoms with Crippen LogP contribution in [0.3, 0.4) is 0 Å². The molecule has 0 bridgehead atoms. The summed E-state index contributed by atoms with van der Waals surface area (Å²) in [6, 6.07) is 4.68. The molecule has 2 rings (SSSR count). The average molecular weight is 275 g/mol. The van der Waals surface area contributed by atoms with Gasteiger partial charge in [0.05, 0.1) is 6.04 Å². The Kier molecular flexibility index (Phi) is 4.32. The van der Waals surface area contributed by atoms with Crippen LogP contribution in [-0.2, 0) is 0 Å². The van der Waals surface area contributed by atoms with E-state index in [9.17, 15) is 0 Å². The lowest BCUT2D eigenvalue weighted by Gasteiger charge is -2.08. The second kappa shape index (κ2) is 5.80. The number of hydrogen-bond acceptors (Lipinski definition) is 4. The standard InChI is InChI=1S/C15H21N3S/c1-6-16-12(5)14-17-18-15(19-14)13-10(3)7-9(2)8-11(13)4/h7-8,12,16H,6H2,1-5H3. The van der Waals surface area contributed by atoms with Crippen molar-refractivity contribution in [3.05, 3.63) is 33.8 Å². The maximum atomic E-state index is 4.37. The van der Waals surface area contributed by atoms with Crippen LogP contribution in [0.15, 0.2) is 12.1 Å². The zero-order valence-corrected chi connectivity index (χ0v) is 13.1. The first-order valence-corrected chi connectivity index (χ1v) is 7.49. The molecule has 1 atom stereocenters. The molecule has 4 heteroatoms. The van der Waals surface area contributed by atoms with Crippen molar-refractivity contribution in [2.24, 2.45) is 0 Å². The van der Waals surface area contributed by atoms with Crippen molar-refractivity contribution in [3.63, 3.8) is 0 Å². The van der Waals surface area contributed by atoms with Crippen LogP contribution in [0.2, 0.25) is 0 Å². The second-order valence-corrected chi connectivity index (χ2v) is 6.01. The molecule has 1 aromatic heterocycles. The first-order chi connectivity index (χ1) is 9.02. The number of benzene rings is 1. The van der Waals surface area contributed by atoms with Crippen LogP contribution in [0.1, 0.15) is 41.6 Å². The molecule has 0 amide bonds. The summed E-state index contributed by atoms with van der Waals surface area (Å²) in [5, 5.41) is 14.1. The first-order valence-electron chi connectivity index (χ1n) is 6.68. The average Bonchev–Trinajstić information content (AvgIpc) is 2.77. The maximum Gasteiger partial charge on any atom is 0.148 e. The van der Waals surface area contributed by atoms with Crippen LogP contribution >= 0.6 is 11.3 Å². The highest BCUT2D eigenvalue weighted by atomic mass is 32.1. The van der Waals surface area contributed by atoms with E-state index < -0.39 is 0 Å². The zero-order chi connectivity index (χ0) is 14.0. The molecule has 0 aliphatic carbocycles. The Morgan fingerprint density at radius 3 is 2.37 bits per heavy atom. The van der Waals surface area contributed by atoms with Crippen LogP contribution in [0, 0.1) is 20.8 Å². The van der Waals surface area contributed by atoms with Crippen LogP contribution in [-0.4, -0.2) is 16.7 Å². The molecule has 3 nitrogen and oxygen atoms in total. The minimum atomic E-state index is 0.266. The Balaban J connectivity index is 2.38. The summed E-state index contributed by atoms with van der Waals surface area (Å²) in [7, 11) is 0. The molecule has 0 fully saturated rings. The molecule has 0 aliphatic rings. The van der Waals surface area contributed by atoms with E-state index in [0.29, 0.717) is 0 Å². The van der Waals surface area contributed by atoms with Gasteiger partial charge >= 0.3 is 0 Å². The predicted octanol–water partition coefficient (Wildman–Crippen LogP) is 3.80. The highest BCUT2D eigenvalue weighted by molar-refractivity contribution is 7.14. The van der Waals surface area contributed by atoms with Crippen LogP contribution in [0.25, 0.3) is 10.6 Å². The van der Waals surface area contributed by atoms with E-state index >= 15 is 0 Å². The van der Waals surface area contributed by atoms with E-state index in [-0.39, 0.29) is 6.04 Å². The van der Waals surface area contributed by atoms with E-state index in [0.717, 1.165) is 16.6 Å². The number of nitrogens with zero attached hydrogens (tertiary/aromatic N) is 2. The van der Waals surface area contributed by atoms with Crippen molar-refractivity contribution >= 4 is 11.3 Å². The lowest BCUT2D eigenvalue weighted by molar-refractivity contribution is 0.590. The van der Waals surface area contributed by atoms with Gasteiger partial charge in [-0.1, -0.05) is 36.0 Å². The topological polar surface area (TPSA) is 37.8 Å². The van der Waals surface area contributed by atoms with E-state index in [1.807, 2.05) is 0 Å². The van der Waals surface area contributed by atoms with Crippen molar-refractivity contribution in [3.8, 4) is 10.6 Å². The maximum absolute atomic E-state index is 4.37. The Morgan fingerprint density at radius 1 is 1.16 bits per heavy atom. The fourth-order valence-electron chi connectivity index (χ4n) is 2.42. The van der Waals surface area contributed by atoms with Gasteiger partial charge in [0, 0.05) is 5.56 Å². The van der Waals surface area contributed by atoms with Gasteiger partial charge in [0.1, 0.15) is 10.0 Å². The molecular formula is C15H21N3S. The van der Waals surface area contributed by atoms with Crippen molar-refractivity contribution in [1.82, 2.24) is 15.5 Å². The lowest BCUT2D eigenvalue weighted by atomic mass is 10.0. The van der Waals surface area contributed by atoms with Gasteiger partial charge < -0.3 is 5.32 Å². The van der Waals surface area contributed by atoms with E-state index in [2.05, 4.69) is 62.3 Å². The quantitative estimate of drug-likeness (QED) is 0.922. The van der Waals surface area contributed by atoms with Crippen molar-refractivity contribution in [2.45, 2.75) is 40.7 Å². The van der Waals surface area contributed by atoms with Gasteiger partial charge in [0.25, 0.3) is 0 Å². The Bertz CT molecular complexity index is 552. The minimum absolute atomic E-state index is 0.266. The molecular weight excluding hydrogens is 254 g/mol. The van der Waals surface area contributed by atoms with Gasteiger partial charge in [-0.25, -0.2) is 0 Å². The molecule has 1 aromatic carbocycles. The molecule has 1 heterocycles. The number of rotatable bonds is 4. The fraction of sp³-hybridized carbons (Fsp3) is 0.467. The second-order valence-electron chi connectivity index (χ2n) is 5.00. The van der Waals surface area contributed by atoms with E-state index in [1.165, 1.54) is 22.3 Å². The van der Waals surface area contributed by atoms with Crippen LogP contribution in [0.4, 0.5) is 0 Å². The number of aromatic nitrogens is 2. The summed E-state index contributed by atoms with van der Waals surface area (Å²) in [6.45, 7) is 11.6. The summed E-state index contributed by atoms with van der Waals surface area (Å²) in [5.41, 5.74) is 5.08. The summed E-state index contributed by atoms with van der Waals surface area (Å²) >= 11 is 1.68. The SMILES string of the molecule is CCNC(C)c1nnc(-c2c(C)cc(C)cc2C)s1. The number of hydrogen-bond donors (Lipinski definition) is 1. The molecule has 0 radical (unpaired) electrons. The largest absolute Gasteiger partial charge is 0.308 e. The summed E-state index contributed by atoms with van der Waals surface area (Å²) in [6.07, 6.45) is 0. The summed E-state index contributed by atoms with van der Waals surface area (Å²) in [5.74, 6) is 0. The fourth-order valence-corrected chi connectivity index (χ4v) is 3.47. The smallest absolute Gasteiger partial charge is 0.148 e. The van der Waals surface area contributed by atoms with Gasteiger partial charge in [-0.3, -0.25) is 0 Å². The third kappa shape index (κ3) is 3.01. The molecule has 102 valence electrons. The van der Waals surface area contributed by atoms with Crippen molar-refractivity contribution < 1.29 is 0 Å². The molecule has 2 aromatic rings. The molecule has 0 saturated heterocycles. The normalized spacial score (nSPS) is 12.7. The highest BCUT2D eigenvalue weighted by Gasteiger charge is 2.15. The third-order valence-corrected chi connectivity index (χ3v) is 4.34. The van der Waals surface area contributed by atoms with Gasteiger partial charge in [-0.05, 0) is 45.4 Å².